The monoisotopic (exact) mass is 403 g/mol. The predicted octanol–water partition coefficient (Wildman–Crippen LogP) is 2.92. The molecule has 0 amide bonds. The molecule has 0 aliphatic heterocycles. The fourth-order valence-electron chi connectivity index (χ4n) is 3.23. The number of fused-ring (bicyclic) bond motifs is 3. The smallest absolute Gasteiger partial charge is 0.152 e. The van der Waals surface area contributed by atoms with E-state index in [9.17, 15) is 4.57 Å². The number of hydrogen-bond acceptors (Lipinski definition) is 6. The van der Waals surface area contributed by atoms with Gasteiger partial charge in [-0.05, 0) is 51.3 Å². The number of nitrogens with zero attached hydrogens (tertiary/aromatic N) is 3. The molecular formula is C20H30N5O2P. The van der Waals surface area contributed by atoms with Gasteiger partial charge >= 0.3 is 0 Å². The first-order valence-electron chi connectivity index (χ1n) is 9.86. The summed E-state index contributed by atoms with van der Waals surface area (Å²) in [5.74, 6) is 1.22. The largest absolute Gasteiger partial charge is 0.412 e. The Bertz CT molecular complexity index is 1020. The van der Waals surface area contributed by atoms with E-state index in [1.54, 1.807) is 13.3 Å². The van der Waals surface area contributed by atoms with Crippen molar-refractivity contribution in [2.24, 2.45) is 5.73 Å². The van der Waals surface area contributed by atoms with Gasteiger partial charge in [-0.1, -0.05) is 19.4 Å². The van der Waals surface area contributed by atoms with Crippen LogP contribution < -0.4 is 21.6 Å². The molecule has 4 N–H and O–H groups in total. The Hall–Kier alpha value is -2.11. The lowest BCUT2D eigenvalue weighted by molar-refractivity contribution is 0.109. The minimum Gasteiger partial charge on any atom is -0.412 e. The first kappa shape index (κ1) is 20.6. The molecular weight excluding hydrogens is 373 g/mol. The zero-order valence-electron chi connectivity index (χ0n) is 16.9. The number of rotatable bonds is 9. The maximum absolute atomic E-state index is 12.5. The number of pyridine rings is 1. The van der Waals surface area contributed by atoms with Crippen LogP contribution in [0.2, 0.25) is 0 Å². The second-order valence-electron chi connectivity index (χ2n) is 7.50. The van der Waals surface area contributed by atoms with Gasteiger partial charge in [-0.25, -0.2) is 9.97 Å². The molecule has 2 heterocycles. The van der Waals surface area contributed by atoms with Crippen molar-refractivity contribution in [3.05, 3.63) is 24.0 Å². The maximum Gasteiger partial charge on any atom is 0.152 e. The molecule has 3 aromatic rings. The highest BCUT2D eigenvalue weighted by Crippen LogP contribution is 2.36. The van der Waals surface area contributed by atoms with Crippen LogP contribution in [-0.2, 0) is 11.0 Å². The van der Waals surface area contributed by atoms with E-state index in [2.05, 4.69) is 11.9 Å². The highest BCUT2D eigenvalue weighted by Gasteiger charge is 2.20. The third-order valence-corrected chi connectivity index (χ3v) is 6.34. The minimum absolute atomic E-state index is 0.365. The Balaban J connectivity index is 2.18. The molecule has 152 valence electrons. The normalized spacial score (nSPS) is 12.1. The predicted molar refractivity (Wildman–Crippen MR) is 117 cm³/mol. The Morgan fingerprint density at radius 3 is 2.64 bits per heavy atom. The van der Waals surface area contributed by atoms with E-state index in [0.29, 0.717) is 30.0 Å². The Morgan fingerprint density at radius 1 is 1.18 bits per heavy atom. The molecule has 0 saturated heterocycles. The Labute approximate surface area is 165 Å². The van der Waals surface area contributed by atoms with Crippen LogP contribution >= 0.6 is 7.14 Å². The number of unbranched alkanes of at least 4 members (excludes halogenated alkanes) is 2. The average molecular weight is 403 g/mol. The third kappa shape index (κ3) is 4.15. The number of aromatic nitrogens is 3. The molecule has 2 aromatic heterocycles. The molecule has 3 rings (SSSR count). The van der Waals surface area contributed by atoms with E-state index in [0.717, 1.165) is 54.1 Å². The van der Waals surface area contributed by atoms with Gasteiger partial charge in [-0.3, -0.25) is 0 Å². The SMILES string of the molecule is CCCCc1nc2c(N)nc3cc(P(C)(C)=O)ccc3c2n1OCCCCN. The van der Waals surface area contributed by atoms with Gasteiger partial charge in [0.25, 0.3) is 0 Å². The highest BCUT2D eigenvalue weighted by atomic mass is 31.2. The second kappa shape index (κ2) is 8.50. The van der Waals surface area contributed by atoms with Gasteiger partial charge in [0, 0.05) is 17.1 Å². The van der Waals surface area contributed by atoms with E-state index < -0.39 is 7.14 Å². The molecule has 7 nitrogen and oxygen atoms in total. The van der Waals surface area contributed by atoms with Crippen LogP contribution in [-0.4, -0.2) is 41.2 Å². The summed E-state index contributed by atoms with van der Waals surface area (Å²) in [5, 5.41) is 1.68. The fraction of sp³-hybridized carbons (Fsp3) is 0.500. The maximum atomic E-state index is 12.5. The minimum atomic E-state index is -2.39. The summed E-state index contributed by atoms with van der Waals surface area (Å²) in [7, 11) is -2.39. The number of hydrogen-bond donors (Lipinski definition) is 2. The van der Waals surface area contributed by atoms with Crippen molar-refractivity contribution in [2.45, 2.75) is 39.0 Å². The molecule has 0 radical (unpaired) electrons. The number of imidazole rings is 1. The summed E-state index contributed by atoms with van der Waals surface area (Å²) in [6.07, 6.45) is 4.67. The number of nitrogen functional groups attached to an aromatic ring is 1. The van der Waals surface area contributed by atoms with Crippen molar-refractivity contribution in [3.8, 4) is 0 Å². The van der Waals surface area contributed by atoms with Crippen LogP contribution in [0, 0.1) is 0 Å². The van der Waals surface area contributed by atoms with Crippen molar-refractivity contribution in [2.75, 3.05) is 32.2 Å². The van der Waals surface area contributed by atoms with Gasteiger partial charge in [0.15, 0.2) is 5.82 Å². The van der Waals surface area contributed by atoms with Gasteiger partial charge < -0.3 is 20.9 Å². The fourth-order valence-corrected chi connectivity index (χ4v) is 4.10. The molecule has 8 heteroatoms. The van der Waals surface area contributed by atoms with Crippen LogP contribution in [0.5, 0.6) is 0 Å². The first-order valence-corrected chi connectivity index (χ1v) is 12.5. The third-order valence-electron chi connectivity index (χ3n) is 4.82. The van der Waals surface area contributed by atoms with Crippen molar-refractivity contribution >= 4 is 40.2 Å². The molecule has 0 saturated carbocycles. The van der Waals surface area contributed by atoms with Crippen molar-refractivity contribution in [3.63, 3.8) is 0 Å². The molecule has 0 atom stereocenters. The van der Waals surface area contributed by atoms with Crippen LogP contribution in [0.4, 0.5) is 5.82 Å². The topological polar surface area (TPSA) is 109 Å². The van der Waals surface area contributed by atoms with Crippen molar-refractivity contribution in [1.82, 2.24) is 14.7 Å². The molecule has 1 aromatic carbocycles. The second-order valence-corrected chi connectivity index (χ2v) is 10.7. The quantitative estimate of drug-likeness (QED) is 0.420. The molecule has 0 unspecified atom stereocenters. The summed E-state index contributed by atoms with van der Waals surface area (Å²) in [6.45, 7) is 6.86. The summed E-state index contributed by atoms with van der Waals surface area (Å²) in [6, 6.07) is 5.71. The Morgan fingerprint density at radius 2 is 1.96 bits per heavy atom. The molecule has 0 spiro atoms. The van der Waals surface area contributed by atoms with E-state index >= 15 is 0 Å². The molecule has 0 aliphatic rings. The van der Waals surface area contributed by atoms with E-state index in [-0.39, 0.29) is 0 Å². The van der Waals surface area contributed by atoms with Crippen LogP contribution in [0.15, 0.2) is 18.2 Å². The van der Waals surface area contributed by atoms with Gasteiger partial charge in [-0.15, -0.1) is 0 Å². The van der Waals surface area contributed by atoms with Crippen LogP contribution in [0.25, 0.3) is 21.9 Å². The summed E-state index contributed by atoms with van der Waals surface area (Å²) < 4.78 is 14.3. The van der Waals surface area contributed by atoms with Gasteiger partial charge in [0.2, 0.25) is 0 Å². The molecule has 0 fully saturated rings. The van der Waals surface area contributed by atoms with Gasteiger partial charge in [-0.2, -0.15) is 4.73 Å². The van der Waals surface area contributed by atoms with E-state index in [1.165, 1.54) is 0 Å². The van der Waals surface area contributed by atoms with Crippen molar-refractivity contribution in [1.29, 1.82) is 0 Å². The lowest BCUT2D eigenvalue weighted by Crippen LogP contribution is -2.17. The highest BCUT2D eigenvalue weighted by molar-refractivity contribution is 7.70. The van der Waals surface area contributed by atoms with Crippen LogP contribution in [0.1, 0.15) is 38.4 Å². The molecule has 0 aliphatic carbocycles. The Kier molecular flexibility index (Phi) is 6.26. The molecule has 0 bridgehead atoms. The average Bonchev–Trinajstić information content (AvgIpc) is 3.02. The number of aryl methyl sites for hydroxylation is 1. The van der Waals surface area contributed by atoms with Crippen molar-refractivity contribution < 1.29 is 9.40 Å². The number of nitrogens with two attached hydrogens (primary N) is 2. The first-order chi connectivity index (χ1) is 13.4. The number of benzene rings is 1. The zero-order valence-corrected chi connectivity index (χ0v) is 17.8. The zero-order chi connectivity index (χ0) is 20.3. The number of anilines is 1. The standard InChI is InChI=1S/C20H30N5O2P/c1-4-5-8-17-24-18-19(25(17)27-12-7-6-11-21)15-10-9-14(28(2,3)26)13-16(15)23-20(18)22/h9-10,13H,4-8,11-12,21H2,1-3H3,(H2,22,23). The summed E-state index contributed by atoms with van der Waals surface area (Å²) in [4.78, 5) is 15.4. The van der Waals surface area contributed by atoms with E-state index in [4.69, 9.17) is 21.3 Å². The van der Waals surface area contributed by atoms with Gasteiger partial charge in [0.05, 0.1) is 5.52 Å². The van der Waals surface area contributed by atoms with Gasteiger partial charge in [0.1, 0.15) is 30.6 Å². The molecule has 28 heavy (non-hydrogen) atoms. The summed E-state index contributed by atoms with van der Waals surface area (Å²) in [5.41, 5.74) is 14.0. The van der Waals surface area contributed by atoms with E-state index in [1.807, 2.05) is 22.9 Å². The summed E-state index contributed by atoms with van der Waals surface area (Å²) >= 11 is 0. The lowest BCUT2D eigenvalue weighted by Gasteiger charge is -2.13. The lowest BCUT2D eigenvalue weighted by atomic mass is 10.2. The van der Waals surface area contributed by atoms with Crippen LogP contribution in [0.3, 0.4) is 0 Å².